The first-order valence-corrected chi connectivity index (χ1v) is 6.80. The summed E-state index contributed by atoms with van der Waals surface area (Å²) >= 11 is 0. The highest BCUT2D eigenvalue weighted by Gasteiger charge is 2.10. The summed E-state index contributed by atoms with van der Waals surface area (Å²) in [5.41, 5.74) is 6.40. The van der Waals surface area contributed by atoms with Gasteiger partial charge in [-0.3, -0.25) is 4.40 Å². The van der Waals surface area contributed by atoms with Gasteiger partial charge in [0.1, 0.15) is 21.5 Å². The Labute approximate surface area is 93.0 Å². The quantitative estimate of drug-likeness (QED) is 0.809. The molecule has 0 saturated heterocycles. The minimum absolute atomic E-state index is 0.0438. The number of pyridine rings is 1. The van der Waals surface area contributed by atoms with Crippen molar-refractivity contribution in [3.63, 3.8) is 0 Å². The summed E-state index contributed by atoms with van der Waals surface area (Å²) < 4.78 is 23.8. The second-order valence-electron chi connectivity index (χ2n) is 3.64. The number of fused-ring (bicyclic) bond motifs is 1. The van der Waals surface area contributed by atoms with E-state index >= 15 is 0 Å². The van der Waals surface area contributed by atoms with E-state index in [1.54, 1.807) is 22.6 Å². The van der Waals surface area contributed by atoms with Gasteiger partial charge in [0.2, 0.25) is 0 Å². The van der Waals surface area contributed by atoms with Gasteiger partial charge in [-0.25, -0.2) is 8.42 Å². The van der Waals surface area contributed by atoms with Crippen LogP contribution in [0.25, 0.3) is 5.65 Å². The molecule has 0 saturated carbocycles. The first-order valence-electron chi connectivity index (χ1n) is 4.73. The van der Waals surface area contributed by atoms with E-state index in [9.17, 15) is 8.42 Å². The third-order valence-electron chi connectivity index (χ3n) is 2.22. The molecule has 2 aromatic heterocycles. The molecule has 0 aromatic carbocycles. The molecule has 0 aliphatic rings. The van der Waals surface area contributed by atoms with Crippen LogP contribution in [0.1, 0.15) is 5.82 Å². The molecule has 2 rings (SSSR count). The highest BCUT2D eigenvalue weighted by molar-refractivity contribution is 7.90. The third kappa shape index (κ3) is 2.13. The van der Waals surface area contributed by atoms with Gasteiger partial charge in [-0.15, -0.1) is 10.2 Å². The molecular formula is C9H12N4O2S. The summed E-state index contributed by atoms with van der Waals surface area (Å²) in [7, 11) is -3.00. The van der Waals surface area contributed by atoms with E-state index in [1.807, 2.05) is 0 Å². The summed E-state index contributed by atoms with van der Waals surface area (Å²) in [4.78, 5) is 0. The molecule has 0 bridgehead atoms. The lowest BCUT2D eigenvalue weighted by molar-refractivity contribution is 0.600. The largest absolute Gasteiger partial charge is 0.385 e. The van der Waals surface area contributed by atoms with E-state index in [-0.39, 0.29) is 5.75 Å². The third-order valence-corrected chi connectivity index (χ3v) is 3.17. The Bertz CT molecular complexity index is 617. The predicted molar refractivity (Wildman–Crippen MR) is 60.8 cm³/mol. The Balaban J connectivity index is 2.39. The zero-order valence-corrected chi connectivity index (χ0v) is 9.61. The molecule has 0 atom stereocenters. The number of rotatable bonds is 3. The van der Waals surface area contributed by atoms with E-state index in [2.05, 4.69) is 10.2 Å². The van der Waals surface area contributed by atoms with Gasteiger partial charge in [0.15, 0.2) is 5.65 Å². The number of sulfone groups is 1. The van der Waals surface area contributed by atoms with E-state index in [0.717, 1.165) is 0 Å². The molecule has 2 heterocycles. The maximum Gasteiger partial charge on any atom is 0.162 e. The van der Waals surface area contributed by atoms with Gasteiger partial charge in [0.05, 0.1) is 5.75 Å². The van der Waals surface area contributed by atoms with Crippen LogP contribution in [-0.4, -0.2) is 35.0 Å². The molecule has 2 aromatic rings. The standard InChI is InChI=1S/C9H12N4O2S/c1-16(14,15)6-5-9-12-11-8-4-2-3-7(10)13(8)9/h2-4H,5-6,10H2,1H3. The monoisotopic (exact) mass is 240 g/mol. The zero-order valence-electron chi connectivity index (χ0n) is 8.79. The highest BCUT2D eigenvalue weighted by atomic mass is 32.2. The van der Waals surface area contributed by atoms with Crippen LogP contribution in [0.15, 0.2) is 18.2 Å². The second-order valence-corrected chi connectivity index (χ2v) is 5.90. The van der Waals surface area contributed by atoms with Gasteiger partial charge < -0.3 is 5.73 Å². The SMILES string of the molecule is CS(=O)(=O)CCc1nnc2cccc(N)n12. The summed E-state index contributed by atoms with van der Waals surface area (Å²) in [6.45, 7) is 0. The van der Waals surface area contributed by atoms with E-state index in [4.69, 9.17) is 5.73 Å². The fourth-order valence-electron chi connectivity index (χ4n) is 1.47. The molecule has 0 amide bonds. The van der Waals surface area contributed by atoms with Crippen LogP contribution in [0.2, 0.25) is 0 Å². The van der Waals surface area contributed by atoms with Crippen LogP contribution in [-0.2, 0) is 16.3 Å². The van der Waals surface area contributed by atoms with Crippen LogP contribution < -0.4 is 5.73 Å². The van der Waals surface area contributed by atoms with Gasteiger partial charge in [-0.1, -0.05) is 6.07 Å². The Kier molecular flexibility index (Phi) is 2.55. The van der Waals surface area contributed by atoms with E-state index in [1.165, 1.54) is 6.26 Å². The Morgan fingerprint density at radius 1 is 1.38 bits per heavy atom. The Hall–Kier alpha value is -1.63. The summed E-state index contributed by atoms with van der Waals surface area (Å²) in [5.74, 6) is 1.12. The normalized spacial score (nSPS) is 12.1. The van der Waals surface area contributed by atoms with Gasteiger partial charge >= 0.3 is 0 Å². The molecule has 0 aliphatic heterocycles. The summed E-state index contributed by atoms with van der Waals surface area (Å²) in [6.07, 6.45) is 1.51. The van der Waals surface area contributed by atoms with E-state index in [0.29, 0.717) is 23.7 Å². The van der Waals surface area contributed by atoms with Crippen molar-refractivity contribution in [1.29, 1.82) is 0 Å². The minimum atomic E-state index is -3.00. The second kappa shape index (κ2) is 3.75. The molecule has 16 heavy (non-hydrogen) atoms. The van der Waals surface area contributed by atoms with Crippen molar-refractivity contribution < 1.29 is 8.42 Å². The smallest absolute Gasteiger partial charge is 0.162 e. The van der Waals surface area contributed by atoms with Crippen molar-refractivity contribution in [2.24, 2.45) is 0 Å². The Morgan fingerprint density at radius 3 is 2.81 bits per heavy atom. The first kappa shape index (κ1) is 10.9. The van der Waals surface area contributed by atoms with Crippen molar-refractivity contribution in [3.05, 3.63) is 24.0 Å². The lowest BCUT2D eigenvalue weighted by Gasteiger charge is -2.02. The number of aromatic nitrogens is 3. The summed E-state index contributed by atoms with van der Waals surface area (Å²) in [5, 5.41) is 7.85. The van der Waals surface area contributed by atoms with Crippen LogP contribution in [0, 0.1) is 0 Å². The maximum atomic E-state index is 11.1. The van der Waals surface area contributed by atoms with E-state index < -0.39 is 9.84 Å². The number of anilines is 1. The molecule has 6 nitrogen and oxygen atoms in total. The van der Waals surface area contributed by atoms with Gasteiger partial charge in [0, 0.05) is 12.7 Å². The molecule has 0 spiro atoms. The van der Waals surface area contributed by atoms with Crippen molar-refractivity contribution in [2.75, 3.05) is 17.7 Å². The predicted octanol–water partition coefficient (Wildman–Crippen LogP) is -0.101. The van der Waals surface area contributed by atoms with Crippen molar-refractivity contribution in [2.45, 2.75) is 6.42 Å². The van der Waals surface area contributed by atoms with Gasteiger partial charge in [-0.2, -0.15) is 0 Å². The van der Waals surface area contributed by atoms with Crippen molar-refractivity contribution >= 4 is 21.3 Å². The fraction of sp³-hybridized carbons (Fsp3) is 0.333. The van der Waals surface area contributed by atoms with Crippen LogP contribution >= 0.6 is 0 Å². The van der Waals surface area contributed by atoms with Crippen molar-refractivity contribution in [3.8, 4) is 0 Å². The minimum Gasteiger partial charge on any atom is -0.385 e. The number of nitrogen functional groups attached to an aromatic ring is 1. The Morgan fingerprint density at radius 2 is 2.12 bits per heavy atom. The average Bonchev–Trinajstić information content (AvgIpc) is 2.58. The number of hydrogen-bond acceptors (Lipinski definition) is 5. The molecule has 0 radical (unpaired) electrons. The summed E-state index contributed by atoms with van der Waals surface area (Å²) in [6, 6.07) is 5.27. The molecule has 7 heteroatoms. The number of aryl methyl sites for hydroxylation is 1. The topological polar surface area (TPSA) is 90.3 Å². The highest BCUT2D eigenvalue weighted by Crippen LogP contribution is 2.10. The molecular weight excluding hydrogens is 228 g/mol. The number of nitrogens with two attached hydrogens (primary N) is 1. The molecule has 86 valence electrons. The van der Waals surface area contributed by atoms with Gasteiger partial charge in [0.25, 0.3) is 0 Å². The average molecular weight is 240 g/mol. The number of hydrogen-bond donors (Lipinski definition) is 1. The maximum absolute atomic E-state index is 11.1. The van der Waals surface area contributed by atoms with Crippen LogP contribution in [0.5, 0.6) is 0 Å². The van der Waals surface area contributed by atoms with Crippen LogP contribution in [0.4, 0.5) is 5.82 Å². The van der Waals surface area contributed by atoms with Crippen LogP contribution in [0.3, 0.4) is 0 Å². The molecule has 0 unspecified atom stereocenters. The molecule has 0 fully saturated rings. The molecule has 2 N–H and O–H groups in total. The lowest BCUT2D eigenvalue weighted by atomic mass is 10.4. The molecule has 0 aliphatic carbocycles. The zero-order chi connectivity index (χ0) is 11.8. The van der Waals surface area contributed by atoms with Gasteiger partial charge in [-0.05, 0) is 12.1 Å². The first-order chi connectivity index (χ1) is 7.47. The number of nitrogens with zero attached hydrogens (tertiary/aromatic N) is 3. The van der Waals surface area contributed by atoms with Crippen molar-refractivity contribution in [1.82, 2.24) is 14.6 Å². The lowest BCUT2D eigenvalue weighted by Crippen LogP contribution is -2.09. The fourth-order valence-corrected chi connectivity index (χ4v) is 2.02.